The summed E-state index contributed by atoms with van der Waals surface area (Å²) in [6, 6.07) is 0. The molecule has 1 aromatic heterocycles. The number of hydrazine groups is 1. The number of nitrogen functional groups attached to an aromatic ring is 1. The largest absolute Gasteiger partial charge is 0.473 e. The summed E-state index contributed by atoms with van der Waals surface area (Å²) >= 11 is 0. The lowest BCUT2D eigenvalue weighted by Gasteiger charge is -2.05. The van der Waals surface area contributed by atoms with Crippen molar-refractivity contribution >= 4 is 11.6 Å². The maximum Gasteiger partial charge on any atom is 0.349 e. The SMILES string of the molecule is NNc1ncc([N+](=O)[O-])c(OCCCO)n1. The third-order valence-corrected chi connectivity index (χ3v) is 1.60. The number of anilines is 1. The topological polar surface area (TPSA) is 136 Å². The van der Waals surface area contributed by atoms with Gasteiger partial charge in [0.25, 0.3) is 5.88 Å². The van der Waals surface area contributed by atoms with Crippen molar-refractivity contribution in [2.45, 2.75) is 6.42 Å². The van der Waals surface area contributed by atoms with Gasteiger partial charge in [-0.3, -0.25) is 15.5 Å². The highest BCUT2D eigenvalue weighted by atomic mass is 16.6. The first-order valence-corrected chi connectivity index (χ1v) is 4.40. The lowest BCUT2D eigenvalue weighted by Crippen LogP contribution is -2.12. The molecule has 9 nitrogen and oxygen atoms in total. The van der Waals surface area contributed by atoms with Gasteiger partial charge in [0.2, 0.25) is 5.95 Å². The molecular weight excluding hydrogens is 218 g/mol. The molecule has 0 aromatic carbocycles. The maximum atomic E-state index is 10.6. The van der Waals surface area contributed by atoms with Crippen molar-refractivity contribution in [1.82, 2.24) is 9.97 Å². The summed E-state index contributed by atoms with van der Waals surface area (Å²) in [4.78, 5) is 17.2. The number of hydrogen-bond acceptors (Lipinski definition) is 8. The van der Waals surface area contributed by atoms with Gasteiger partial charge in [0.15, 0.2) is 0 Å². The Morgan fingerprint density at radius 1 is 1.69 bits per heavy atom. The fraction of sp³-hybridized carbons (Fsp3) is 0.429. The van der Waals surface area contributed by atoms with Crippen LogP contribution in [0.2, 0.25) is 0 Å². The molecule has 0 aliphatic rings. The Labute approximate surface area is 90.4 Å². The van der Waals surface area contributed by atoms with Crippen LogP contribution in [-0.4, -0.2) is 33.2 Å². The minimum Gasteiger partial charge on any atom is -0.473 e. The van der Waals surface area contributed by atoms with E-state index in [0.717, 1.165) is 6.20 Å². The number of aromatic nitrogens is 2. The van der Waals surface area contributed by atoms with Crippen molar-refractivity contribution in [1.29, 1.82) is 0 Å². The number of ether oxygens (including phenoxy) is 1. The van der Waals surface area contributed by atoms with Crippen molar-refractivity contribution in [2.24, 2.45) is 5.84 Å². The number of aliphatic hydroxyl groups excluding tert-OH is 1. The van der Waals surface area contributed by atoms with E-state index in [1.807, 2.05) is 0 Å². The molecule has 4 N–H and O–H groups in total. The minimum absolute atomic E-state index is 0.0181. The number of rotatable bonds is 6. The predicted octanol–water partition coefficient (Wildman–Crippen LogP) is -0.568. The first-order valence-electron chi connectivity index (χ1n) is 4.40. The van der Waals surface area contributed by atoms with E-state index in [2.05, 4.69) is 15.4 Å². The molecule has 0 radical (unpaired) electrons. The molecule has 0 saturated carbocycles. The fourth-order valence-electron chi connectivity index (χ4n) is 0.894. The standard InChI is InChI=1S/C7H11N5O4/c8-11-7-9-4-5(12(14)15)6(10-7)16-3-1-2-13/h4,13H,1-3,8H2,(H,9,10,11). The van der Waals surface area contributed by atoms with Crippen molar-refractivity contribution in [3.05, 3.63) is 16.3 Å². The monoisotopic (exact) mass is 229 g/mol. The van der Waals surface area contributed by atoms with Gasteiger partial charge in [0.1, 0.15) is 6.20 Å². The first kappa shape index (κ1) is 12.1. The Hall–Kier alpha value is -2.00. The Kier molecular flexibility index (Phi) is 4.36. The van der Waals surface area contributed by atoms with Crippen LogP contribution in [0.25, 0.3) is 0 Å². The Morgan fingerprint density at radius 2 is 2.44 bits per heavy atom. The van der Waals surface area contributed by atoms with Gasteiger partial charge in [-0.25, -0.2) is 10.8 Å². The van der Waals surface area contributed by atoms with Crippen LogP contribution in [-0.2, 0) is 0 Å². The molecule has 0 aliphatic carbocycles. The number of nitro groups is 1. The first-order chi connectivity index (χ1) is 7.69. The van der Waals surface area contributed by atoms with E-state index >= 15 is 0 Å². The van der Waals surface area contributed by atoms with E-state index < -0.39 is 4.92 Å². The van der Waals surface area contributed by atoms with Crippen LogP contribution in [0.15, 0.2) is 6.20 Å². The zero-order valence-corrected chi connectivity index (χ0v) is 8.29. The summed E-state index contributed by atoms with van der Waals surface area (Å²) in [5, 5.41) is 19.1. The fourth-order valence-corrected chi connectivity index (χ4v) is 0.894. The summed E-state index contributed by atoms with van der Waals surface area (Å²) in [7, 11) is 0. The predicted molar refractivity (Wildman–Crippen MR) is 53.7 cm³/mol. The summed E-state index contributed by atoms with van der Waals surface area (Å²) < 4.78 is 5.03. The van der Waals surface area contributed by atoms with E-state index in [1.54, 1.807) is 0 Å². The van der Waals surface area contributed by atoms with Crippen LogP contribution in [0.4, 0.5) is 11.6 Å². The van der Waals surface area contributed by atoms with Crippen molar-refractivity contribution in [3.63, 3.8) is 0 Å². The second-order valence-corrected chi connectivity index (χ2v) is 2.71. The maximum absolute atomic E-state index is 10.6. The van der Waals surface area contributed by atoms with E-state index in [4.69, 9.17) is 15.7 Å². The van der Waals surface area contributed by atoms with Gasteiger partial charge in [-0.15, -0.1) is 0 Å². The van der Waals surface area contributed by atoms with Gasteiger partial charge in [0, 0.05) is 13.0 Å². The lowest BCUT2D eigenvalue weighted by molar-refractivity contribution is -0.386. The van der Waals surface area contributed by atoms with E-state index in [1.165, 1.54) is 0 Å². The zero-order chi connectivity index (χ0) is 12.0. The summed E-state index contributed by atoms with van der Waals surface area (Å²) in [5.41, 5.74) is 1.80. The molecular formula is C7H11N5O4. The van der Waals surface area contributed by atoms with Crippen molar-refractivity contribution < 1.29 is 14.8 Å². The van der Waals surface area contributed by atoms with Gasteiger partial charge in [-0.05, 0) is 0 Å². The average molecular weight is 229 g/mol. The molecule has 1 rings (SSSR count). The molecule has 16 heavy (non-hydrogen) atoms. The smallest absolute Gasteiger partial charge is 0.349 e. The van der Waals surface area contributed by atoms with E-state index in [9.17, 15) is 10.1 Å². The molecule has 88 valence electrons. The number of aliphatic hydroxyl groups is 1. The summed E-state index contributed by atoms with van der Waals surface area (Å²) in [5.74, 6) is 4.90. The van der Waals surface area contributed by atoms with E-state index in [0.29, 0.717) is 6.42 Å². The quantitative estimate of drug-likeness (QED) is 0.255. The number of hydrogen-bond donors (Lipinski definition) is 3. The molecule has 0 fully saturated rings. The molecule has 0 bridgehead atoms. The second kappa shape index (κ2) is 5.78. The number of nitrogens with zero attached hydrogens (tertiary/aromatic N) is 3. The lowest BCUT2D eigenvalue weighted by atomic mass is 10.5. The third kappa shape index (κ3) is 3.00. The molecule has 1 heterocycles. The number of nitrogens with one attached hydrogen (secondary N) is 1. The molecule has 0 spiro atoms. The van der Waals surface area contributed by atoms with Crippen LogP contribution in [0.1, 0.15) is 6.42 Å². The van der Waals surface area contributed by atoms with Crippen LogP contribution < -0.4 is 16.0 Å². The van der Waals surface area contributed by atoms with Crippen molar-refractivity contribution in [2.75, 3.05) is 18.6 Å². The Balaban J connectivity index is 2.87. The second-order valence-electron chi connectivity index (χ2n) is 2.71. The van der Waals surface area contributed by atoms with Crippen LogP contribution in [0.3, 0.4) is 0 Å². The summed E-state index contributed by atoms with van der Waals surface area (Å²) in [6.45, 7) is 0.0548. The van der Waals surface area contributed by atoms with Gasteiger partial charge in [-0.2, -0.15) is 4.98 Å². The van der Waals surface area contributed by atoms with E-state index in [-0.39, 0.29) is 30.7 Å². The number of nitrogens with two attached hydrogens (primary N) is 1. The summed E-state index contributed by atoms with van der Waals surface area (Å²) in [6.07, 6.45) is 1.35. The zero-order valence-electron chi connectivity index (χ0n) is 8.29. The molecule has 9 heteroatoms. The Bertz CT molecular complexity index is 372. The van der Waals surface area contributed by atoms with Gasteiger partial charge in [0.05, 0.1) is 11.5 Å². The van der Waals surface area contributed by atoms with Gasteiger partial charge in [-0.1, -0.05) is 0 Å². The van der Waals surface area contributed by atoms with Crippen molar-refractivity contribution in [3.8, 4) is 5.88 Å². The molecule has 0 atom stereocenters. The molecule has 0 saturated heterocycles. The van der Waals surface area contributed by atoms with Crippen LogP contribution >= 0.6 is 0 Å². The highest BCUT2D eigenvalue weighted by molar-refractivity contribution is 5.42. The molecule has 0 aliphatic heterocycles. The molecule has 0 amide bonds. The minimum atomic E-state index is -0.658. The normalized spacial score (nSPS) is 9.88. The van der Waals surface area contributed by atoms with Gasteiger partial charge < -0.3 is 9.84 Å². The molecule has 0 unspecified atom stereocenters. The highest BCUT2D eigenvalue weighted by Gasteiger charge is 2.18. The van der Waals surface area contributed by atoms with Gasteiger partial charge >= 0.3 is 5.69 Å². The van der Waals surface area contributed by atoms with Crippen LogP contribution in [0, 0.1) is 10.1 Å². The Morgan fingerprint density at radius 3 is 3.00 bits per heavy atom. The average Bonchev–Trinajstić information content (AvgIpc) is 2.29. The highest BCUT2D eigenvalue weighted by Crippen LogP contribution is 2.24. The van der Waals surface area contributed by atoms with Crippen LogP contribution in [0.5, 0.6) is 5.88 Å². The third-order valence-electron chi connectivity index (χ3n) is 1.60. The molecule has 1 aromatic rings.